The van der Waals surface area contributed by atoms with Crippen molar-refractivity contribution in [3.05, 3.63) is 64.3 Å². The first-order valence-corrected chi connectivity index (χ1v) is 8.49. The monoisotopic (exact) mass is 399 g/mol. The number of benzene rings is 2. The van der Waals surface area contributed by atoms with Crippen molar-refractivity contribution in [2.75, 3.05) is 0 Å². The number of rotatable bonds is 4. The molecule has 0 saturated heterocycles. The van der Waals surface area contributed by atoms with Gasteiger partial charge in [-0.2, -0.15) is 0 Å². The summed E-state index contributed by atoms with van der Waals surface area (Å²) in [6.07, 6.45) is 1.43. The van der Waals surface area contributed by atoms with Crippen molar-refractivity contribution in [1.29, 1.82) is 0 Å². The Labute approximate surface area is 165 Å². The topological polar surface area (TPSA) is 91.3 Å². The first-order valence-electron chi connectivity index (χ1n) is 8.12. The van der Waals surface area contributed by atoms with Crippen LogP contribution >= 0.6 is 11.6 Å². The Morgan fingerprint density at radius 1 is 1.07 bits per heavy atom. The molecular weight excluding hydrogens is 386 g/mol. The molecular formula is C20H14ClNO6. The van der Waals surface area contributed by atoms with Crippen molar-refractivity contribution in [1.82, 2.24) is 0 Å². The normalized spacial score (nSPS) is 14.5. The zero-order valence-electron chi connectivity index (χ0n) is 14.9. The van der Waals surface area contributed by atoms with Gasteiger partial charge in [-0.15, -0.1) is 0 Å². The Morgan fingerprint density at radius 3 is 2.39 bits per heavy atom. The first kappa shape index (κ1) is 19.3. The molecule has 0 atom stereocenters. The molecule has 0 aliphatic carbocycles. The molecule has 2 aromatic rings. The summed E-state index contributed by atoms with van der Waals surface area (Å²) >= 11 is 6.16. The van der Waals surface area contributed by atoms with Crippen molar-refractivity contribution in [2.45, 2.75) is 13.8 Å². The molecule has 0 N–H and O–H groups in total. The fourth-order valence-corrected chi connectivity index (χ4v) is 2.67. The van der Waals surface area contributed by atoms with Gasteiger partial charge in [0.05, 0.1) is 5.02 Å². The summed E-state index contributed by atoms with van der Waals surface area (Å²) in [4.78, 5) is 38.9. The van der Waals surface area contributed by atoms with Gasteiger partial charge in [0, 0.05) is 19.4 Å². The van der Waals surface area contributed by atoms with E-state index in [1.165, 1.54) is 32.1 Å². The number of ether oxygens (including phenoxy) is 3. The third kappa shape index (κ3) is 4.44. The van der Waals surface area contributed by atoms with E-state index in [-0.39, 0.29) is 28.1 Å². The Hall–Kier alpha value is -3.45. The first-order chi connectivity index (χ1) is 13.3. The number of hydrogen-bond acceptors (Lipinski definition) is 7. The van der Waals surface area contributed by atoms with Crippen LogP contribution in [0.2, 0.25) is 5.02 Å². The van der Waals surface area contributed by atoms with Gasteiger partial charge in [-0.05, 0) is 35.9 Å². The van der Waals surface area contributed by atoms with E-state index in [4.69, 9.17) is 25.8 Å². The van der Waals surface area contributed by atoms with Crippen LogP contribution in [0.3, 0.4) is 0 Å². The van der Waals surface area contributed by atoms with Crippen molar-refractivity contribution < 1.29 is 28.6 Å². The fourth-order valence-electron chi connectivity index (χ4n) is 2.42. The Kier molecular flexibility index (Phi) is 5.56. The Morgan fingerprint density at radius 2 is 1.75 bits per heavy atom. The van der Waals surface area contributed by atoms with Gasteiger partial charge in [-0.3, -0.25) is 9.59 Å². The lowest BCUT2D eigenvalue weighted by Gasteiger charge is -2.11. The molecule has 28 heavy (non-hydrogen) atoms. The van der Waals surface area contributed by atoms with Gasteiger partial charge in [0.2, 0.25) is 5.90 Å². The second-order valence-corrected chi connectivity index (χ2v) is 6.13. The molecule has 142 valence electrons. The van der Waals surface area contributed by atoms with Crippen molar-refractivity contribution in [3.8, 4) is 11.5 Å². The van der Waals surface area contributed by atoms with Gasteiger partial charge in [-0.25, -0.2) is 9.79 Å². The quantitative estimate of drug-likeness (QED) is 0.443. The number of esters is 3. The van der Waals surface area contributed by atoms with E-state index in [1.807, 2.05) is 6.07 Å². The highest BCUT2D eigenvalue weighted by atomic mass is 35.5. The minimum absolute atomic E-state index is 0.0272. The van der Waals surface area contributed by atoms with Crippen LogP contribution < -0.4 is 9.47 Å². The Bertz CT molecular complexity index is 1030. The molecule has 0 radical (unpaired) electrons. The minimum atomic E-state index is -0.631. The second-order valence-electron chi connectivity index (χ2n) is 5.72. The lowest BCUT2D eigenvalue weighted by Crippen LogP contribution is -2.08. The number of cyclic esters (lactones) is 1. The van der Waals surface area contributed by atoms with Gasteiger partial charge in [0.15, 0.2) is 17.2 Å². The predicted octanol–water partition coefficient (Wildman–Crippen LogP) is 3.54. The van der Waals surface area contributed by atoms with Crippen molar-refractivity contribution >= 4 is 41.5 Å². The molecule has 2 aromatic carbocycles. The summed E-state index contributed by atoms with van der Waals surface area (Å²) in [6, 6.07) is 11.8. The smallest absolute Gasteiger partial charge is 0.363 e. The summed E-state index contributed by atoms with van der Waals surface area (Å²) in [5.41, 5.74) is 1.11. The molecule has 0 aromatic heterocycles. The lowest BCUT2D eigenvalue weighted by atomic mass is 10.1. The predicted molar refractivity (Wildman–Crippen MR) is 101 cm³/mol. The lowest BCUT2D eigenvalue weighted by molar-refractivity contribution is -0.134. The van der Waals surface area contributed by atoms with E-state index in [0.717, 1.165) is 0 Å². The van der Waals surface area contributed by atoms with Crippen LogP contribution in [0.15, 0.2) is 53.2 Å². The maximum atomic E-state index is 12.1. The number of halogens is 1. The second kappa shape index (κ2) is 8.06. The van der Waals surface area contributed by atoms with E-state index in [0.29, 0.717) is 11.1 Å². The number of carbonyl (C=O) groups is 3. The van der Waals surface area contributed by atoms with E-state index >= 15 is 0 Å². The van der Waals surface area contributed by atoms with Crippen LogP contribution in [0.25, 0.3) is 6.08 Å². The molecule has 0 bridgehead atoms. The van der Waals surface area contributed by atoms with Crippen LogP contribution in [-0.4, -0.2) is 23.8 Å². The zero-order valence-corrected chi connectivity index (χ0v) is 15.6. The summed E-state index contributed by atoms with van der Waals surface area (Å²) < 4.78 is 15.3. The number of hydrogen-bond donors (Lipinski definition) is 0. The number of aliphatic imine (C=N–C) groups is 1. The molecule has 8 heteroatoms. The van der Waals surface area contributed by atoms with Crippen LogP contribution in [0, 0.1) is 0 Å². The average molecular weight is 400 g/mol. The van der Waals surface area contributed by atoms with Crippen LogP contribution in [0.5, 0.6) is 11.5 Å². The molecule has 0 amide bonds. The highest BCUT2D eigenvalue weighted by Crippen LogP contribution is 2.37. The summed E-state index contributed by atoms with van der Waals surface area (Å²) in [5, 5.41) is 0.0272. The third-order valence-corrected chi connectivity index (χ3v) is 3.76. The molecule has 1 heterocycles. The molecule has 0 saturated carbocycles. The van der Waals surface area contributed by atoms with E-state index in [1.54, 1.807) is 24.3 Å². The van der Waals surface area contributed by atoms with Crippen LogP contribution in [0.1, 0.15) is 25.0 Å². The van der Waals surface area contributed by atoms with Gasteiger partial charge in [-0.1, -0.05) is 29.8 Å². The minimum Gasteiger partial charge on any atom is -0.423 e. The molecule has 0 fully saturated rings. The average Bonchev–Trinajstić information content (AvgIpc) is 2.99. The maximum Gasteiger partial charge on any atom is 0.363 e. The van der Waals surface area contributed by atoms with Crippen molar-refractivity contribution in [3.63, 3.8) is 0 Å². The van der Waals surface area contributed by atoms with Crippen LogP contribution in [-0.2, 0) is 19.1 Å². The summed E-state index contributed by atoms with van der Waals surface area (Å²) in [7, 11) is 0. The summed E-state index contributed by atoms with van der Waals surface area (Å²) in [5.74, 6) is -1.85. The third-order valence-electron chi connectivity index (χ3n) is 3.48. The van der Waals surface area contributed by atoms with Gasteiger partial charge in [0.1, 0.15) is 0 Å². The summed E-state index contributed by atoms with van der Waals surface area (Å²) in [6.45, 7) is 2.39. The van der Waals surface area contributed by atoms with E-state index < -0.39 is 17.9 Å². The molecule has 0 unspecified atom stereocenters. The van der Waals surface area contributed by atoms with E-state index in [9.17, 15) is 14.4 Å². The highest BCUT2D eigenvalue weighted by molar-refractivity contribution is 6.32. The molecule has 3 rings (SSSR count). The molecule has 1 aliphatic heterocycles. The number of nitrogens with zero attached hydrogens (tertiary/aromatic N) is 1. The Balaban J connectivity index is 2.00. The maximum absolute atomic E-state index is 12.1. The molecule has 1 aliphatic rings. The van der Waals surface area contributed by atoms with Crippen molar-refractivity contribution in [2.24, 2.45) is 4.99 Å². The largest absolute Gasteiger partial charge is 0.423 e. The van der Waals surface area contributed by atoms with Crippen LogP contribution in [0.4, 0.5) is 0 Å². The molecule has 0 spiro atoms. The molecule has 7 nitrogen and oxygen atoms in total. The van der Waals surface area contributed by atoms with Gasteiger partial charge < -0.3 is 14.2 Å². The van der Waals surface area contributed by atoms with E-state index in [2.05, 4.69) is 4.99 Å². The van der Waals surface area contributed by atoms with Gasteiger partial charge >= 0.3 is 17.9 Å². The fraction of sp³-hybridized carbons (Fsp3) is 0.100. The standard InChI is InChI=1S/C20H14ClNO6/c1-11(23)26-17-10-13(8-15(21)18(17)27-12(2)24)9-16-20(25)28-19(22-16)14-6-4-3-5-7-14/h3-10H,1-2H3/b16-9-. The SMILES string of the molecule is CC(=O)Oc1cc(/C=C2\N=C(c3ccccc3)OC2=O)cc(Cl)c1OC(C)=O. The zero-order chi connectivity index (χ0) is 20.3. The van der Waals surface area contributed by atoms with Gasteiger partial charge in [0.25, 0.3) is 0 Å². The number of carbonyl (C=O) groups excluding carboxylic acids is 3. The highest BCUT2D eigenvalue weighted by Gasteiger charge is 2.24.